The maximum Gasteiger partial charge on any atom is 0.281 e. The number of rotatable bonds is 3. The second-order valence-corrected chi connectivity index (χ2v) is 7.01. The fourth-order valence-corrected chi connectivity index (χ4v) is 3.50. The first-order valence-corrected chi connectivity index (χ1v) is 7.61. The van der Waals surface area contributed by atoms with Gasteiger partial charge >= 0.3 is 0 Å². The van der Waals surface area contributed by atoms with Crippen molar-refractivity contribution < 1.29 is 8.42 Å². The van der Waals surface area contributed by atoms with Gasteiger partial charge in [0, 0.05) is 51.9 Å². The molecular formula is C9H16N4O2S2. The van der Waals surface area contributed by atoms with Gasteiger partial charge < -0.3 is 4.90 Å². The van der Waals surface area contributed by atoms with Crippen LogP contribution >= 0.6 is 11.3 Å². The summed E-state index contributed by atoms with van der Waals surface area (Å²) in [6.07, 6.45) is 1.77. The smallest absolute Gasteiger partial charge is 0.281 e. The molecule has 0 aromatic carbocycles. The largest absolute Gasteiger partial charge is 0.345 e. The van der Waals surface area contributed by atoms with Crippen LogP contribution in [0.5, 0.6) is 0 Å². The molecule has 1 fully saturated rings. The third-order valence-electron chi connectivity index (χ3n) is 2.72. The lowest BCUT2D eigenvalue weighted by Gasteiger charge is -2.34. The first kappa shape index (κ1) is 12.7. The van der Waals surface area contributed by atoms with Gasteiger partial charge in [-0.1, -0.05) is 0 Å². The number of aromatic nitrogens is 1. The van der Waals surface area contributed by atoms with E-state index in [0.29, 0.717) is 26.2 Å². The Labute approximate surface area is 106 Å². The zero-order valence-electron chi connectivity index (χ0n) is 9.90. The summed E-state index contributed by atoms with van der Waals surface area (Å²) in [7, 11) is -0.153. The first-order chi connectivity index (χ1) is 8.01. The molecule has 1 aromatic rings. The molecule has 6 nitrogen and oxygen atoms in total. The number of anilines is 1. The number of hydrogen-bond acceptors (Lipinski definition) is 5. The van der Waals surface area contributed by atoms with Crippen molar-refractivity contribution in [2.75, 3.05) is 45.2 Å². The molecule has 0 spiro atoms. The molecule has 0 radical (unpaired) electrons. The number of nitrogens with zero attached hydrogens (tertiary/aromatic N) is 4. The summed E-state index contributed by atoms with van der Waals surface area (Å²) in [6.45, 7) is 2.42. The van der Waals surface area contributed by atoms with Crippen LogP contribution in [-0.2, 0) is 10.2 Å². The number of thiazole rings is 1. The molecule has 0 amide bonds. The molecule has 0 bridgehead atoms. The summed E-state index contributed by atoms with van der Waals surface area (Å²) in [4.78, 5) is 6.35. The fraction of sp³-hybridized carbons (Fsp3) is 0.667. The number of piperazine rings is 1. The Bertz CT molecular complexity index is 449. The van der Waals surface area contributed by atoms with Gasteiger partial charge in [0.2, 0.25) is 0 Å². The molecule has 0 unspecified atom stereocenters. The Balaban J connectivity index is 1.99. The van der Waals surface area contributed by atoms with Crippen molar-refractivity contribution in [2.45, 2.75) is 0 Å². The van der Waals surface area contributed by atoms with Crippen LogP contribution in [0.2, 0.25) is 0 Å². The van der Waals surface area contributed by atoms with Gasteiger partial charge in [0.05, 0.1) is 0 Å². The van der Waals surface area contributed by atoms with Crippen LogP contribution in [0.4, 0.5) is 5.13 Å². The maximum absolute atomic E-state index is 11.9. The highest BCUT2D eigenvalue weighted by atomic mass is 32.2. The van der Waals surface area contributed by atoms with Gasteiger partial charge in [-0.05, 0) is 0 Å². The van der Waals surface area contributed by atoms with Crippen molar-refractivity contribution in [1.29, 1.82) is 0 Å². The molecule has 1 aliphatic rings. The molecule has 0 N–H and O–H groups in total. The average molecular weight is 276 g/mol. The Morgan fingerprint density at radius 2 is 1.94 bits per heavy atom. The molecule has 0 saturated carbocycles. The summed E-state index contributed by atoms with van der Waals surface area (Å²) in [5, 5.41) is 2.89. The van der Waals surface area contributed by atoms with E-state index < -0.39 is 10.2 Å². The molecule has 1 saturated heterocycles. The summed E-state index contributed by atoms with van der Waals surface area (Å²) in [6, 6.07) is 0. The molecule has 0 atom stereocenters. The minimum Gasteiger partial charge on any atom is -0.345 e. The Hall–Kier alpha value is -0.700. The molecule has 2 heterocycles. The highest BCUT2D eigenvalue weighted by Crippen LogP contribution is 2.20. The van der Waals surface area contributed by atoms with Crippen LogP contribution in [0.25, 0.3) is 0 Å². The summed E-state index contributed by atoms with van der Waals surface area (Å²) < 4.78 is 26.6. The standard InChI is InChI=1S/C9H16N4O2S2/c1-11(2)17(14,15)13-6-4-12(5-7-13)9-10-3-8-16-9/h3,8H,4-7H2,1-2H3. The van der Waals surface area contributed by atoms with E-state index >= 15 is 0 Å². The van der Waals surface area contributed by atoms with Gasteiger partial charge in [0.15, 0.2) is 5.13 Å². The van der Waals surface area contributed by atoms with Crippen LogP contribution in [0.3, 0.4) is 0 Å². The van der Waals surface area contributed by atoms with Crippen LogP contribution in [-0.4, -0.2) is 62.3 Å². The third-order valence-corrected chi connectivity index (χ3v) is 5.49. The van der Waals surface area contributed by atoms with Crippen LogP contribution in [0.1, 0.15) is 0 Å². The van der Waals surface area contributed by atoms with Gasteiger partial charge in [-0.3, -0.25) is 0 Å². The van der Waals surface area contributed by atoms with Crippen molar-refractivity contribution in [3.63, 3.8) is 0 Å². The SMILES string of the molecule is CN(C)S(=O)(=O)N1CCN(c2nccs2)CC1. The molecule has 0 aliphatic carbocycles. The van der Waals surface area contributed by atoms with E-state index in [-0.39, 0.29) is 0 Å². The minimum atomic E-state index is -3.27. The van der Waals surface area contributed by atoms with E-state index in [1.165, 1.54) is 8.61 Å². The summed E-state index contributed by atoms with van der Waals surface area (Å²) in [5.41, 5.74) is 0. The monoisotopic (exact) mass is 276 g/mol. The van der Waals surface area contributed by atoms with Crippen molar-refractivity contribution >= 4 is 26.7 Å². The highest BCUT2D eigenvalue weighted by molar-refractivity contribution is 7.86. The maximum atomic E-state index is 11.9. The first-order valence-electron chi connectivity index (χ1n) is 5.34. The lowest BCUT2D eigenvalue weighted by molar-refractivity contribution is 0.355. The molecule has 2 rings (SSSR count). The predicted octanol–water partition coefficient (Wildman–Crippen LogP) is 0.0715. The Kier molecular flexibility index (Phi) is 3.67. The quantitative estimate of drug-likeness (QED) is 0.784. The van der Waals surface area contributed by atoms with Gasteiger partial charge in [-0.25, -0.2) is 4.98 Å². The second kappa shape index (κ2) is 4.89. The summed E-state index contributed by atoms with van der Waals surface area (Å²) in [5.74, 6) is 0. The van der Waals surface area contributed by atoms with E-state index in [0.717, 1.165) is 5.13 Å². The molecular weight excluding hydrogens is 260 g/mol. The molecule has 1 aliphatic heterocycles. The van der Waals surface area contributed by atoms with Gasteiger partial charge in [0.25, 0.3) is 10.2 Å². The lowest BCUT2D eigenvalue weighted by atomic mass is 10.4. The Morgan fingerprint density at radius 1 is 1.29 bits per heavy atom. The van der Waals surface area contributed by atoms with E-state index in [4.69, 9.17) is 0 Å². The van der Waals surface area contributed by atoms with E-state index in [1.54, 1.807) is 31.6 Å². The molecule has 17 heavy (non-hydrogen) atoms. The molecule has 8 heteroatoms. The van der Waals surface area contributed by atoms with Gasteiger partial charge in [-0.2, -0.15) is 17.0 Å². The van der Waals surface area contributed by atoms with E-state index in [9.17, 15) is 8.42 Å². The molecule has 1 aromatic heterocycles. The number of hydrogen-bond donors (Lipinski definition) is 0. The van der Waals surface area contributed by atoms with Crippen molar-refractivity contribution in [2.24, 2.45) is 0 Å². The van der Waals surface area contributed by atoms with Crippen molar-refractivity contribution in [3.8, 4) is 0 Å². The van der Waals surface area contributed by atoms with Crippen molar-refractivity contribution in [1.82, 2.24) is 13.6 Å². The normalized spacial score (nSPS) is 18.9. The second-order valence-electron chi connectivity index (χ2n) is 3.99. The minimum absolute atomic E-state index is 0.514. The highest BCUT2D eigenvalue weighted by Gasteiger charge is 2.28. The summed E-state index contributed by atoms with van der Waals surface area (Å²) >= 11 is 1.58. The average Bonchev–Trinajstić information content (AvgIpc) is 2.82. The molecule has 96 valence electrons. The topological polar surface area (TPSA) is 56.8 Å². The fourth-order valence-electron chi connectivity index (χ4n) is 1.71. The van der Waals surface area contributed by atoms with Crippen molar-refractivity contribution in [3.05, 3.63) is 11.6 Å². The van der Waals surface area contributed by atoms with Gasteiger partial charge in [0.1, 0.15) is 0 Å². The third kappa shape index (κ3) is 2.59. The van der Waals surface area contributed by atoms with E-state index in [2.05, 4.69) is 9.88 Å². The zero-order chi connectivity index (χ0) is 12.5. The lowest BCUT2D eigenvalue weighted by Crippen LogP contribution is -2.51. The van der Waals surface area contributed by atoms with Gasteiger partial charge in [-0.15, -0.1) is 11.3 Å². The zero-order valence-corrected chi connectivity index (χ0v) is 11.5. The van der Waals surface area contributed by atoms with Crippen LogP contribution in [0, 0.1) is 0 Å². The van der Waals surface area contributed by atoms with Crippen LogP contribution in [0.15, 0.2) is 11.6 Å². The Morgan fingerprint density at radius 3 is 2.41 bits per heavy atom. The van der Waals surface area contributed by atoms with Crippen LogP contribution < -0.4 is 4.90 Å². The predicted molar refractivity (Wildman–Crippen MR) is 68.5 cm³/mol. The van der Waals surface area contributed by atoms with E-state index in [1.807, 2.05) is 5.38 Å².